The van der Waals surface area contributed by atoms with Crippen LogP contribution in [0.2, 0.25) is 0 Å². The van der Waals surface area contributed by atoms with Crippen molar-refractivity contribution in [2.24, 2.45) is 0 Å². The number of aromatic nitrogens is 7. The number of para-hydroxylation sites is 2. The standard InChI is InChI=1S/4C15H19N.C15H18.C14H17N.C13H16N2/c1-4-8-14-13-10-7-6-9-12(13)11(3)16-15(14)5-2;1-4-8-15-12(5-2)14-10-7-6-9-13(14)11(3)16-15;1-4-8-13-11(3)16-15-10-7-6-9-14(15)12(13)5-2;1-4-8-13-12(5-2)11(3)16-15-10-7-6-9-14(13)15;1-3-7-14-12(4-2)10-11-13-8-5-6-9-15(13)14;1-3-6-11-8-9-12-7-5-10-15-14(12)13(11)4-2;1-3-5-10-6-7-12-13(11(10)4-2)15-9-8-14-12/h4*6-7,9-10H,4-5,8H2,1-3H3;5-6,8-11H,3-4,7H2,1-2H3;5,7-10H,3-4,6H2,1-2H3;6-9H,3-5H2,1-2H3. The Hall–Kier alpha value is -9.59. The molecule has 8 aromatic carbocycles. The number of aryl methyl sites for hydroxylation is 16. The quantitative estimate of drug-likeness (QED) is 0.0708. The molecule has 109 heavy (non-hydrogen) atoms. The molecule has 6 aromatic heterocycles. The minimum atomic E-state index is 1.01. The summed E-state index contributed by atoms with van der Waals surface area (Å²) in [6.07, 6.45) is 29.3. The van der Waals surface area contributed by atoms with Crippen LogP contribution in [0.25, 0.3) is 76.1 Å². The van der Waals surface area contributed by atoms with Gasteiger partial charge in [0.1, 0.15) is 0 Å². The summed E-state index contributed by atoms with van der Waals surface area (Å²) in [5.74, 6) is 0. The lowest BCUT2D eigenvalue weighted by atomic mass is 9.94. The molecule has 0 aliphatic carbocycles. The summed E-state index contributed by atoms with van der Waals surface area (Å²) in [5.41, 5.74) is 30.4. The van der Waals surface area contributed by atoms with Gasteiger partial charge in [0.15, 0.2) is 0 Å². The Morgan fingerprint density at radius 2 is 0.624 bits per heavy atom. The molecule has 0 bridgehead atoms. The Morgan fingerprint density at radius 3 is 1.17 bits per heavy atom. The van der Waals surface area contributed by atoms with Crippen molar-refractivity contribution in [2.45, 2.75) is 259 Å². The number of hydrogen-bond acceptors (Lipinski definition) is 7. The lowest BCUT2D eigenvalue weighted by Gasteiger charge is -2.13. The van der Waals surface area contributed by atoms with E-state index in [1.165, 1.54) is 183 Å². The second-order valence-electron chi connectivity index (χ2n) is 28.7. The third kappa shape index (κ3) is 21.7. The molecule has 0 radical (unpaired) electrons. The first-order chi connectivity index (χ1) is 53.2. The molecular formula is C102H127N7. The predicted octanol–water partition coefficient (Wildman–Crippen LogP) is 27.5. The molecule has 0 unspecified atom stereocenters. The highest BCUT2D eigenvalue weighted by atomic mass is 14.8. The Morgan fingerprint density at radius 1 is 0.211 bits per heavy atom. The van der Waals surface area contributed by atoms with Gasteiger partial charge in [0.05, 0.1) is 27.6 Å². The first kappa shape index (κ1) is 85.0. The molecule has 0 spiro atoms. The Balaban J connectivity index is 0.000000160. The van der Waals surface area contributed by atoms with E-state index in [1.54, 1.807) is 18.0 Å². The average molecular weight is 1450 g/mol. The highest BCUT2D eigenvalue weighted by Crippen LogP contribution is 2.31. The third-order valence-electron chi connectivity index (χ3n) is 21.2. The van der Waals surface area contributed by atoms with Gasteiger partial charge in [0.25, 0.3) is 0 Å². The maximum absolute atomic E-state index is 4.76. The maximum atomic E-state index is 4.76. The normalized spacial score (nSPS) is 10.9. The number of benzene rings is 8. The van der Waals surface area contributed by atoms with E-state index in [1.807, 2.05) is 12.3 Å². The smallest absolute Gasteiger partial charge is 0.0921 e. The van der Waals surface area contributed by atoms with Crippen LogP contribution < -0.4 is 0 Å². The zero-order valence-corrected chi connectivity index (χ0v) is 69.9. The molecular weight excluding hydrogens is 1320 g/mol. The monoisotopic (exact) mass is 1450 g/mol. The molecule has 0 N–H and O–H groups in total. The van der Waals surface area contributed by atoms with Gasteiger partial charge in [-0.1, -0.05) is 287 Å². The van der Waals surface area contributed by atoms with Crippen LogP contribution in [-0.4, -0.2) is 34.9 Å². The Bertz CT molecular complexity index is 5110. The third-order valence-corrected chi connectivity index (χ3v) is 21.2. The fourth-order valence-electron chi connectivity index (χ4n) is 16.1. The van der Waals surface area contributed by atoms with Crippen LogP contribution in [0.4, 0.5) is 0 Å². The number of pyridine rings is 5. The van der Waals surface area contributed by atoms with E-state index in [2.05, 4.69) is 308 Å². The van der Waals surface area contributed by atoms with Crippen molar-refractivity contribution < 1.29 is 0 Å². The lowest BCUT2D eigenvalue weighted by Crippen LogP contribution is -2.00. The van der Waals surface area contributed by atoms with Crippen molar-refractivity contribution in [3.8, 4) is 0 Å². The lowest BCUT2D eigenvalue weighted by molar-refractivity contribution is 0.856. The van der Waals surface area contributed by atoms with E-state index in [0.717, 1.165) is 123 Å². The van der Waals surface area contributed by atoms with E-state index >= 15 is 0 Å². The van der Waals surface area contributed by atoms with Crippen LogP contribution >= 0.6 is 0 Å². The Kier molecular flexibility index (Phi) is 34.4. The second-order valence-corrected chi connectivity index (χ2v) is 28.7. The van der Waals surface area contributed by atoms with Gasteiger partial charge in [-0.2, -0.15) is 0 Å². The van der Waals surface area contributed by atoms with Gasteiger partial charge in [-0.3, -0.25) is 34.9 Å². The highest BCUT2D eigenvalue weighted by molar-refractivity contribution is 5.91. The first-order valence-electron chi connectivity index (χ1n) is 41.7. The maximum Gasteiger partial charge on any atom is 0.0921 e. The summed E-state index contributed by atoms with van der Waals surface area (Å²) in [4.78, 5) is 32.1. The van der Waals surface area contributed by atoms with E-state index in [9.17, 15) is 0 Å². The molecule has 0 aliphatic heterocycles. The summed E-state index contributed by atoms with van der Waals surface area (Å²) in [6, 6.07) is 60.3. The van der Waals surface area contributed by atoms with E-state index in [-0.39, 0.29) is 0 Å². The largest absolute Gasteiger partial charge is 0.257 e. The number of rotatable bonds is 21. The van der Waals surface area contributed by atoms with Crippen LogP contribution in [0, 0.1) is 27.7 Å². The van der Waals surface area contributed by atoms with Gasteiger partial charge >= 0.3 is 0 Å². The summed E-state index contributed by atoms with van der Waals surface area (Å²) >= 11 is 0. The van der Waals surface area contributed by atoms with Crippen molar-refractivity contribution in [1.29, 1.82) is 0 Å². The van der Waals surface area contributed by atoms with Gasteiger partial charge in [-0.05, 0) is 230 Å². The fourth-order valence-corrected chi connectivity index (χ4v) is 16.1. The van der Waals surface area contributed by atoms with Gasteiger partial charge in [0, 0.05) is 79.7 Å². The van der Waals surface area contributed by atoms with Gasteiger partial charge in [0.2, 0.25) is 0 Å². The molecule has 570 valence electrons. The zero-order chi connectivity index (χ0) is 78.2. The van der Waals surface area contributed by atoms with Gasteiger partial charge < -0.3 is 0 Å². The van der Waals surface area contributed by atoms with Crippen LogP contribution in [0.15, 0.2) is 188 Å². The topological polar surface area (TPSA) is 90.2 Å². The minimum Gasteiger partial charge on any atom is -0.257 e. The van der Waals surface area contributed by atoms with Crippen LogP contribution in [0.5, 0.6) is 0 Å². The number of hydrogen-bond donors (Lipinski definition) is 0. The van der Waals surface area contributed by atoms with Crippen LogP contribution in [-0.2, 0) is 89.9 Å². The van der Waals surface area contributed by atoms with E-state index in [0.29, 0.717) is 0 Å². The molecule has 14 rings (SSSR count). The second kappa shape index (κ2) is 44.2. The molecule has 0 atom stereocenters. The molecule has 0 saturated carbocycles. The molecule has 0 saturated heterocycles. The fraction of sp³-hybridized carbons (Fsp3) is 0.382. The molecule has 14 aromatic rings. The Labute approximate surface area is 655 Å². The molecule has 0 fully saturated rings. The average Bonchev–Trinajstić information content (AvgIpc) is 0.802. The van der Waals surface area contributed by atoms with Crippen molar-refractivity contribution in [2.75, 3.05) is 0 Å². The van der Waals surface area contributed by atoms with Crippen LogP contribution in [0.3, 0.4) is 0 Å². The van der Waals surface area contributed by atoms with Crippen molar-refractivity contribution >= 4 is 76.1 Å². The number of nitrogens with zero attached hydrogens (tertiary/aromatic N) is 7. The number of fused-ring (bicyclic) bond motifs is 7. The minimum absolute atomic E-state index is 1.01. The zero-order valence-electron chi connectivity index (χ0n) is 69.9. The summed E-state index contributed by atoms with van der Waals surface area (Å²) in [6.45, 7) is 39.6. The SMILES string of the molecule is CCCc1c(C)nc2ccccc2c1CC.CCCc1c(CC)c(C)nc2ccccc12.CCCc1c(CC)ccc2ccccc12.CCCc1c(CC)nc(C)c2ccccc12.CCCc1ccc2cccnc2c1CC.CCCc1ccc2nccnc2c1CC.CCCc1nc(C)c2ccccc2c1CC. The van der Waals surface area contributed by atoms with Gasteiger partial charge in [-0.15, -0.1) is 0 Å². The molecule has 7 nitrogen and oxygen atoms in total. The molecule has 0 amide bonds. The van der Waals surface area contributed by atoms with E-state index in [4.69, 9.17) is 15.0 Å². The molecule has 7 heteroatoms. The van der Waals surface area contributed by atoms with Crippen LogP contribution in [0.1, 0.15) is 243 Å². The molecule has 0 aliphatic rings. The van der Waals surface area contributed by atoms with Crippen molar-refractivity contribution in [3.63, 3.8) is 0 Å². The van der Waals surface area contributed by atoms with Crippen molar-refractivity contribution in [3.05, 3.63) is 289 Å². The predicted molar refractivity (Wildman–Crippen MR) is 475 cm³/mol. The highest BCUT2D eigenvalue weighted by Gasteiger charge is 2.15. The summed E-state index contributed by atoms with van der Waals surface area (Å²) in [5, 5.41) is 12.1. The first-order valence-corrected chi connectivity index (χ1v) is 41.7. The van der Waals surface area contributed by atoms with Gasteiger partial charge in [-0.25, -0.2) is 0 Å². The molecule has 6 heterocycles. The van der Waals surface area contributed by atoms with Crippen molar-refractivity contribution in [1.82, 2.24) is 34.9 Å². The summed E-state index contributed by atoms with van der Waals surface area (Å²) < 4.78 is 0. The summed E-state index contributed by atoms with van der Waals surface area (Å²) in [7, 11) is 0. The van der Waals surface area contributed by atoms with E-state index < -0.39 is 0 Å².